The molecule has 2 heteroatoms. The van der Waals surface area contributed by atoms with Crippen LogP contribution in [0.4, 0.5) is 0 Å². The molecule has 0 bridgehead atoms. The molecular weight excluding hydrogens is 222 g/mol. The van der Waals surface area contributed by atoms with Gasteiger partial charge in [0.15, 0.2) is 0 Å². The van der Waals surface area contributed by atoms with Gasteiger partial charge in [-0.15, -0.1) is 0 Å². The van der Waals surface area contributed by atoms with Crippen molar-refractivity contribution in [3.05, 3.63) is 35.4 Å². The van der Waals surface area contributed by atoms with Gasteiger partial charge in [-0.2, -0.15) is 0 Å². The first-order valence-corrected chi connectivity index (χ1v) is 7.06. The predicted octanol–water partition coefficient (Wildman–Crippen LogP) is 3.05. The van der Waals surface area contributed by atoms with Crippen LogP contribution in [0.3, 0.4) is 0 Å². The van der Waals surface area contributed by atoms with E-state index in [2.05, 4.69) is 32.2 Å². The van der Waals surface area contributed by atoms with E-state index in [1.807, 2.05) is 18.2 Å². The summed E-state index contributed by atoms with van der Waals surface area (Å²) >= 11 is 0. The predicted molar refractivity (Wildman–Crippen MR) is 75.5 cm³/mol. The highest BCUT2D eigenvalue weighted by Gasteiger charge is 2.33. The first kappa shape index (κ1) is 13.6. The van der Waals surface area contributed by atoms with Gasteiger partial charge in [0.2, 0.25) is 0 Å². The maximum absolute atomic E-state index is 10.3. The minimum absolute atomic E-state index is 0.397. The van der Waals surface area contributed by atoms with Gasteiger partial charge in [0.1, 0.15) is 0 Å². The Morgan fingerprint density at radius 3 is 2.50 bits per heavy atom. The second-order valence-corrected chi connectivity index (χ2v) is 5.89. The molecule has 1 fully saturated rings. The van der Waals surface area contributed by atoms with Gasteiger partial charge < -0.3 is 10.4 Å². The quantitative estimate of drug-likeness (QED) is 0.810. The zero-order chi connectivity index (χ0) is 13.1. The molecule has 1 aromatic rings. The average Bonchev–Trinajstić information content (AvgIpc) is 3.13. The molecule has 18 heavy (non-hydrogen) atoms. The summed E-state index contributed by atoms with van der Waals surface area (Å²) in [5.74, 6) is 1.47. The SMILES string of the molecule is Cc1ccccc1C(O)CNC(C(C)C)C1CC1. The van der Waals surface area contributed by atoms with E-state index in [-0.39, 0.29) is 0 Å². The smallest absolute Gasteiger partial charge is 0.0917 e. The van der Waals surface area contributed by atoms with Crippen LogP contribution in [0.5, 0.6) is 0 Å². The van der Waals surface area contributed by atoms with Crippen molar-refractivity contribution in [1.82, 2.24) is 5.32 Å². The zero-order valence-electron chi connectivity index (χ0n) is 11.7. The first-order chi connectivity index (χ1) is 8.59. The fraction of sp³-hybridized carbons (Fsp3) is 0.625. The van der Waals surface area contributed by atoms with Gasteiger partial charge in [-0.1, -0.05) is 38.1 Å². The van der Waals surface area contributed by atoms with Crippen LogP contribution in [-0.2, 0) is 0 Å². The molecule has 0 amide bonds. The lowest BCUT2D eigenvalue weighted by Gasteiger charge is -2.24. The fourth-order valence-electron chi connectivity index (χ4n) is 2.72. The van der Waals surface area contributed by atoms with E-state index in [4.69, 9.17) is 0 Å². The molecule has 0 spiro atoms. The monoisotopic (exact) mass is 247 g/mol. The van der Waals surface area contributed by atoms with Crippen molar-refractivity contribution in [3.63, 3.8) is 0 Å². The third-order valence-electron chi connectivity index (χ3n) is 3.94. The molecule has 100 valence electrons. The minimum Gasteiger partial charge on any atom is -0.387 e. The summed E-state index contributed by atoms with van der Waals surface area (Å²) in [6, 6.07) is 8.64. The van der Waals surface area contributed by atoms with E-state index in [0.717, 1.165) is 11.5 Å². The van der Waals surface area contributed by atoms with E-state index < -0.39 is 6.10 Å². The van der Waals surface area contributed by atoms with Gasteiger partial charge in [-0.25, -0.2) is 0 Å². The maximum Gasteiger partial charge on any atom is 0.0917 e. The Labute approximate surface area is 110 Å². The summed E-state index contributed by atoms with van der Waals surface area (Å²) in [5.41, 5.74) is 2.21. The lowest BCUT2D eigenvalue weighted by molar-refractivity contribution is 0.162. The molecular formula is C16H25NO. The second kappa shape index (κ2) is 5.85. The summed E-state index contributed by atoms with van der Waals surface area (Å²) in [5, 5.41) is 13.8. The van der Waals surface area contributed by atoms with E-state index in [1.165, 1.54) is 18.4 Å². The number of aryl methyl sites for hydroxylation is 1. The van der Waals surface area contributed by atoms with Crippen molar-refractivity contribution in [2.24, 2.45) is 11.8 Å². The molecule has 0 aliphatic heterocycles. The van der Waals surface area contributed by atoms with Crippen molar-refractivity contribution in [2.45, 2.75) is 45.8 Å². The second-order valence-electron chi connectivity index (χ2n) is 5.89. The Bertz CT molecular complexity index is 382. The largest absolute Gasteiger partial charge is 0.387 e. The van der Waals surface area contributed by atoms with Crippen LogP contribution >= 0.6 is 0 Å². The summed E-state index contributed by atoms with van der Waals surface area (Å²) in [7, 11) is 0. The van der Waals surface area contributed by atoms with Gasteiger partial charge in [0.05, 0.1) is 6.10 Å². The van der Waals surface area contributed by atoms with Crippen LogP contribution in [0.1, 0.15) is 43.9 Å². The molecule has 2 rings (SSSR count). The highest BCUT2D eigenvalue weighted by atomic mass is 16.3. The van der Waals surface area contributed by atoms with Crippen molar-refractivity contribution in [1.29, 1.82) is 0 Å². The van der Waals surface area contributed by atoms with Crippen LogP contribution in [0.25, 0.3) is 0 Å². The molecule has 2 nitrogen and oxygen atoms in total. The fourth-order valence-corrected chi connectivity index (χ4v) is 2.72. The first-order valence-electron chi connectivity index (χ1n) is 7.06. The normalized spacial score (nSPS) is 18.9. The Kier molecular flexibility index (Phi) is 4.41. The number of hydrogen-bond donors (Lipinski definition) is 2. The van der Waals surface area contributed by atoms with Gasteiger partial charge in [0, 0.05) is 12.6 Å². The molecule has 2 N–H and O–H groups in total. The lowest BCUT2D eigenvalue weighted by Crippen LogP contribution is -2.38. The molecule has 0 aromatic heterocycles. The van der Waals surface area contributed by atoms with Crippen LogP contribution in [0.15, 0.2) is 24.3 Å². The summed E-state index contributed by atoms with van der Waals surface area (Å²) < 4.78 is 0. The Hall–Kier alpha value is -0.860. The van der Waals surface area contributed by atoms with E-state index in [9.17, 15) is 5.11 Å². The van der Waals surface area contributed by atoms with Crippen LogP contribution in [-0.4, -0.2) is 17.7 Å². The van der Waals surface area contributed by atoms with Crippen molar-refractivity contribution < 1.29 is 5.11 Å². The number of rotatable bonds is 6. The summed E-state index contributed by atoms with van der Waals surface area (Å²) in [6.07, 6.45) is 2.29. The topological polar surface area (TPSA) is 32.3 Å². The molecule has 0 saturated heterocycles. The Balaban J connectivity index is 1.91. The van der Waals surface area contributed by atoms with Crippen LogP contribution in [0, 0.1) is 18.8 Å². The van der Waals surface area contributed by atoms with Crippen molar-refractivity contribution in [2.75, 3.05) is 6.54 Å². The van der Waals surface area contributed by atoms with Crippen molar-refractivity contribution >= 4 is 0 Å². The Morgan fingerprint density at radius 2 is 1.94 bits per heavy atom. The van der Waals surface area contributed by atoms with Gasteiger partial charge in [-0.05, 0) is 42.7 Å². The van der Waals surface area contributed by atoms with Crippen molar-refractivity contribution in [3.8, 4) is 0 Å². The number of aliphatic hydroxyl groups excluding tert-OH is 1. The standard InChI is InChI=1S/C16H25NO/c1-11(2)16(13-8-9-13)17-10-15(18)14-7-5-4-6-12(14)3/h4-7,11,13,15-18H,8-10H2,1-3H3. The van der Waals surface area contributed by atoms with Gasteiger partial charge >= 0.3 is 0 Å². The average molecular weight is 247 g/mol. The molecule has 2 atom stereocenters. The molecule has 2 unspecified atom stereocenters. The highest BCUT2D eigenvalue weighted by molar-refractivity contribution is 5.27. The molecule has 1 aliphatic carbocycles. The van der Waals surface area contributed by atoms with Gasteiger partial charge in [-0.3, -0.25) is 0 Å². The molecule has 1 saturated carbocycles. The number of nitrogens with one attached hydrogen (secondary N) is 1. The molecule has 1 aromatic carbocycles. The molecule has 1 aliphatic rings. The summed E-state index contributed by atoms with van der Waals surface area (Å²) in [6.45, 7) is 7.23. The van der Waals surface area contributed by atoms with Crippen LogP contribution in [0.2, 0.25) is 0 Å². The number of aliphatic hydroxyl groups is 1. The van der Waals surface area contributed by atoms with E-state index in [0.29, 0.717) is 18.5 Å². The lowest BCUT2D eigenvalue weighted by atomic mass is 9.98. The summed E-state index contributed by atoms with van der Waals surface area (Å²) in [4.78, 5) is 0. The molecule has 0 radical (unpaired) electrons. The minimum atomic E-state index is -0.397. The molecule has 0 heterocycles. The Morgan fingerprint density at radius 1 is 1.28 bits per heavy atom. The van der Waals surface area contributed by atoms with E-state index in [1.54, 1.807) is 0 Å². The van der Waals surface area contributed by atoms with E-state index >= 15 is 0 Å². The third-order valence-corrected chi connectivity index (χ3v) is 3.94. The van der Waals surface area contributed by atoms with Gasteiger partial charge in [0.25, 0.3) is 0 Å². The number of hydrogen-bond acceptors (Lipinski definition) is 2. The van der Waals surface area contributed by atoms with Crippen LogP contribution < -0.4 is 5.32 Å². The highest BCUT2D eigenvalue weighted by Crippen LogP contribution is 2.35. The zero-order valence-corrected chi connectivity index (χ0v) is 11.7. The number of benzene rings is 1. The maximum atomic E-state index is 10.3. The third kappa shape index (κ3) is 3.33.